The predicted molar refractivity (Wildman–Crippen MR) is 67.6 cm³/mol. The van der Waals surface area contributed by atoms with E-state index >= 15 is 0 Å². The second-order valence-corrected chi connectivity index (χ2v) is 4.03. The van der Waals surface area contributed by atoms with Crippen molar-refractivity contribution >= 4 is 0 Å². The average molecular weight is 204 g/mol. The van der Waals surface area contributed by atoms with Crippen molar-refractivity contribution in [3.63, 3.8) is 0 Å². The van der Waals surface area contributed by atoms with Crippen LogP contribution in [-0.4, -0.2) is 12.2 Å². The summed E-state index contributed by atoms with van der Waals surface area (Å²) >= 11 is 0. The summed E-state index contributed by atoms with van der Waals surface area (Å²) in [5.74, 6) is 0.877. The van der Waals surface area contributed by atoms with Gasteiger partial charge in [-0.1, -0.05) is 67.7 Å². The van der Waals surface area contributed by atoms with Crippen LogP contribution >= 0.6 is 0 Å². The highest BCUT2D eigenvalue weighted by molar-refractivity contribution is 4.72. The van der Waals surface area contributed by atoms with Gasteiger partial charge in [0.05, 0.1) is 0 Å². The van der Waals surface area contributed by atoms with E-state index in [4.69, 9.17) is 5.11 Å². The molecule has 0 aromatic carbocycles. The van der Waals surface area contributed by atoms with Crippen LogP contribution in [0.4, 0.5) is 0 Å². The second kappa shape index (κ2) is 13.0. The fraction of sp³-hybridized carbons (Fsp3) is 1.00. The van der Waals surface area contributed by atoms with E-state index in [0.717, 1.165) is 13.0 Å². The number of rotatable bonds is 4. The number of aliphatic hydroxyl groups is 1. The number of hydrogen-bond donors (Lipinski definition) is 1. The van der Waals surface area contributed by atoms with Crippen molar-refractivity contribution in [1.29, 1.82) is 0 Å². The van der Waals surface area contributed by atoms with E-state index < -0.39 is 0 Å². The third kappa shape index (κ3) is 10.0. The molecule has 1 unspecified atom stereocenters. The molecule has 90 valence electrons. The van der Waals surface area contributed by atoms with E-state index in [-0.39, 0.29) is 0 Å². The molecule has 0 aromatic heterocycles. The molecule has 1 N–H and O–H groups in total. The van der Waals surface area contributed by atoms with Crippen molar-refractivity contribution in [1.82, 2.24) is 0 Å². The summed E-state index contributed by atoms with van der Waals surface area (Å²) in [6.45, 7) is 15.7. The van der Waals surface area contributed by atoms with Gasteiger partial charge in [0.1, 0.15) is 0 Å². The van der Waals surface area contributed by atoms with E-state index in [1.54, 1.807) is 0 Å². The van der Waals surface area contributed by atoms with Crippen molar-refractivity contribution in [3.8, 4) is 0 Å². The van der Waals surface area contributed by atoms with Crippen LogP contribution in [0.1, 0.15) is 67.7 Å². The standard InChI is InChI=1S/C10H22.C2H6.CH4O/c1-6-8-9(3)10(4,5)7-2;2*1-2/h9H,6-8H2,1-5H3;1-2H3;2H,1H3. The van der Waals surface area contributed by atoms with Crippen LogP contribution in [-0.2, 0) is 0 Å². The van der Waals surface area contributed by atoms with E-state index in [0.29, 0.717) is 5.41 Å². The van der Waals surface area contributed by atoms with Gasteiger partial charge < -0.3 is 5.11 Å². The molecular formula is C13H32O. The monoisotopic (exact) mass is 204 g/mol. The van der Waals surface area contributed by atoms with Crippen molar-refractivity contribution in [2.24, 2.45) is 11.3 Å². The zero-order chi connectivity index (χ0) is 12.2. The molecule has 0 rings (SSSR count). The molecular weight excluding hydrogens is 172 g/mol. The molecule has 14 heavy (non-hydrogen) atoms. The first-order valence-electron chi connectivity index (χ1n) is 5.99. The third-order valence-electron chi connectivity index (χ3n) is 2.97. The summed E-state index contributed by atoms with van der Waals surface area (Å²) in [5, 5.41) is 7.00. The number of hydrogen-bond acceptors (Lipinski definition) is 1. The van der Waals surface area contributed by atoms with Gasteiger partial charge >= 0.3 is 0 Å². The van der Waals surface area contributed by atoms with Gasteiger partial charge in [0.2, 0.25) is 0 Å². The summed E-state index contributed by atoms with van der Waals surface area (Å²) in [7, 11) is 1.00. The molecule has 0 fully saturated rings. The minimum Gasteiger partial charge on any atom is -0.400 e. The lowest BCUT2D eigenvalue weighted by molar-refractivity contribution is 0.208. The maximum Gasteiger partial charge on any atom is 0.0319 e. The Bertz CT molecular complexity index is 87.2. The van der Waals surface area contributed by atoms with Crippen LogP contribution in [0.2, 0.25) is 0 Å². The van der Waals surface area contributed by atoms with Crippen molar-refractivity contribution in [3.05, 3.63) is 0 Å². The summed E-state index contributed by atoms with van der Waals surface area (Å²) < 4.78 is 0. The Morgan fingerprint density at radius 2 is 1.43 bits per heavy atom. The zero-order valence-electron chi connectivity index (χ0n) is 11.6. The molecule has 0 bridgehead atoms. The second-order valence-electron chi connectivity index (χ2n) is 4.03. The average Bonchev–Trinajstić information content (AvgIpc) is 2.24. The van der Waals surface area contributed by atoms with Gasteiger partial charge in [-0.2, -0.15) is 0 Å². The van der Waals surface area contributed by atoms with Crippen LogP contribution in [0.3, 0.4) is 0 Å². The SMILES string of the molecule is CC.CCCC(C)C(C)(C)CC.CO. The molecule has 0 spiro atoms. The predicted octanol–water partition coefficient (Wildman–Crippen LogP) is 4.49. The highest BCUT2D eigenvalue weighted by Crippen LogP contribution is 2.32. The van der Waals surface area contributed by atoms with Gasteiger partial charge in [0.25, 0.3) is 0 Å². The smallest absolute Gasteiger partial charge is 0.0319 e. The molecule has 0 aliphatic heterocycles. The first kappa shape index (κ1) is 19.5. The van der Waals surface area contributed by atoms with Crippen LogP contribution in [0.5, 0.6) is 0 Å². The van der Waals surface area contributed by atoms with Gasteiger partial charge in [-0.3, -0.25) is 0 Å². The van der Waals surface area contributed by atoms with Crippen LogP contribution in [0.15, 0.2) is 0 Å². The molecule has 1 nitrogen and oxygen atoms in total. The summed E-state index contributed by atoms with van der Waals surface area (Å²) in [6.07, 6.45) is 4.00. The lowest BCUT2D eigenvalue weighted by atomic mass is 9.76. The van der Waals surface area contributed by atoms with Crippen molar-refractivity contribution < 1.29 is 5.11 Å². The summed E-state index contributed by atoms with van der Waals surface area (Å²) in [6, 6.07) is 0. The number of aliphatic hydroxyl groups excluding tert-OH is 1. The van der Waals surface area contributed by atoms with Crippen molar-refractivity contribution in [2.45, 2.75) is 67.7 Å². The molecule has 0 aliphatic carbocycles. The van der Waals surface area contributed by atoms with Gasteiger partial charge in [0, 0.05) is 7.11 Å². The fourth-order valence-electron chi connectivity index (χ4n) is 1.17. The zero-order valence-corrected chi connectivity index (χ0v) is 11.6. The van der Waals surface area contributed by atoms with E-state index in [2.05, 4.69) is 34.6 Å². The minimum absolute atomic E-state index is 0.552. The molecule has 1 heteroatoms. The van der Waals surface area contributed by atoms with Crippen LogP contribution in [0.25, 0.3) is 0 Å². The molecule has 1 atom stereocenters. The molecule has 0 heterocycles. The Balaban J connectivity index is -0.000000266. The normalized spacial score (nSPS) is 11.8. The highest BCUT2D eigenvalue weighted by Gasteiger charge is 2.22. The quantitative estimate of drug-likeness (QED) is 0.715. The van der Waals surface area contributed by atoms with E-state index in [9.17, 15) is 0 Å². The summed E-state index contributed by atoms with van der Waals surface area (Å²) in [5.41, 5.74) is 0.552. The molecule has 0 aromatic rings. The maximum atomic E-state index is 7.00. The lowest BCUT2D eigenvalue weighted by Gasteiger charge is -2.30. The van der Waals surface area contributed by atoms with E-state index in [1.807, 2.05) is 13.8 Å². The van der Waals surface area contributed by atoms with Gasteiger partial charge in [-0.25, -0.2) is 0 Å². The Morgan fingerprint density at radius 1 is 1.07 bits per heavy atom. The fourth-order valence-corrected chi connectivity index (χ4v) is 1.17. The Kier molecular flexibility index (Phi) is 18.1. The largest absolute Gasteiger partial charge is 0.400 e. The molecule has 0 aliphatic rings. The lowest BCUT2D eigenvalue weighted by Crippen LogP contribution is -2.20. The van der Waals surface area contributed by atoms with E-state index in [1.165, 1.54) is 19.3 Å². The van der Waals surface area contributed by atoms with Crippen LogP contribution in [0, 0.1) is 11.3 Å². The van der Waals surface area contributed by atoms with Crippen molar-refractivity contribution in [2.75, 3.05) is 7.11 Å². The molecule has 0 amide bonds. The molecule has 0 saturated carbocycles. The van der Waals surface area contributed by atoms with Crippen LogP contribution < -0.4 is 0 Å². The van der Waals surface area contributed by atoms with Gasteiger partial charge in [0.15, 0.2) is 0 Å². The maximum absolute atomic E-state index is 7.00. The highest BCUT2D eigenvalue weighted by atomic mass is 16.2. The Hall–Kier alpha value is -0.0400. The topological polar surface area (TPSA) is 20.2 Å². The summed E-state index contributed by atoms with van der Waals surface area (Å²) in [4.78, 5) is 0. The first-order valence-corrected chi connectivity index (χ1v) is 5.99. The minimum atomic E-state index is 0.552. The third-order valence-corrected chi connectivity index (χ3v) is 2.97. The molecule has 0 radical (unpaired) electrons. The van der Waals surface area contributed by atoms with Gasteiger partial charge in [-0.05, 0) is 11.3 Å². The van der Waals surface area contributed by atoms with Gasteiger partial charge in [-0.15, -0.1) is 0 Å². The Morgan fingerprint density at radius 3 is 1.64 bits per heavy atom. The Labute approximate surface area is 91.9 Å². The molecule has 0 saturated heterocycles. The first-order chi connectivity index (χ1) is 6.54.